The van der Waals surface area contributed by atoms with Crippen molar-refractivity contribution in [3.8, 4) is 5.69 Å². The average molecular weight is 441 g/mol. The van der Waals surface area contributed by atoms with Gasteiger partial charge in [-0.15, -0.1) is 0 Å². The van der Waals surface area contributed by atoms with Crippen molar-refractivity contribution in [1.29, 1.82) is 0 Å². The third-order valence-corrected chi connectivity index (χ3v) is 5.44. The van der Waals surface area contributed by atoms with E-state index >= 15 is 0 Å². The van der Waals surface area contributed by atoms with E-state index in [4.69, 9.17) is 16.3 Å². The molecule has 1 saturated heterocycles. The lowest BCUT2D eigenvalue weighted by Gasteiger charge is -2.14. The minimum Gasteiger partial charge on any atom is -0.376 e. The average Bonchev–Trinajstić information content (AvgIpc) is 3.31. The lowest BCUT2D eigenvalue weighted by atomic mass is 10.2. The molecule has 4 rings (SSSR count). The molecule has 0 aliphatic carbocycles. The summed E-state index contributed by atoms with van der Waals surface area (Å²) < 4.78 is 7.54. The van der Waals surface area contributed by atoms with Gasteiger partial charge in [0, 0.05) is 18.2 Å². The molecule has 8 nitrogen and oxygen atoms in total. The zero-order chi connectivity index (χ0) is 21.8. The van der Waals surface area contributed by atoms with Crippen LogP contribution in [0.3, 0.4) is 0 Å². The maximum atomic E-state index is 13.1. The summed E-state index contributed by atoms with van der Waals surface area (Å²) in [5.74, 6) is -0.655. The van der Waals surface area contributed by atoms with Crippen LogP contribution in [0.25, 0.3) is 5.69 Å². The van der Waals surface area contributed by atoms with Gasteiger partial charge in [0.25, 0.3) is 11.5 Å². The Morgan fingerprint density at radius 1 is 1.13 bits per heavy atom. The first-order valence-corrected chi connectivity index (χ1v) is 10.3. The molecule has 160 valence electrons. The van der Waals surface area contributed by atoms with Crippen molar-refractivity contribution in [2.75, 3.05) is 13.2 Å². The molecule has 0 unspecified atom stereocenters. The van der Waals surface area contributed by atoms with Crippen molar-refractivity contribution in [3.63, 3.8) is 0 Å². The van der Waals surface area contributed by atoms with Gasteiger partial charge in [0.05, 0.1) is 18.3 Å². The highest BCUT2D eigenvalue weighted by atomic mass is 35.5. The number of ether oxygens (including phenoxy) is 1. The van der Waals surface area contributed by atoms with E-state index in [2.05, 4.69) is 10.4 Å². The smallest absolute Gasteiger partial charge is 0.352 e. The van der Waals surface area contributed by atoms with E-state index in [0.29, 0.717) is 22.9 Å². The number of para-hydroxylation sites is 1. The van der Waals surface area contributed by atoms with Crippen LogP contribution in [0.1, 0.15) is 28.9 Å². The minimum absolute atomic E-state index is 0.0846. The first-order chi connectivity index (χ1) is 15.0. The van der Waals surface area contributed by atoms with Gasteiger partial charge in [-0.3, -0.25) is 14.2 Å². The lowest BCUT2D eigenvalue weighted by Crippen LogP contribution is -2.46. The number of rotatable bonds is 6. The van der Waals surface area contributed by atoms with E-state index in [9.17, 15) is 14.4 Å². The van der Waals surface area contributed by atoms with Crippen LogP contribution in [0.4, 0.5) is 0 Å². The number of carbonyl (C=O) groups is 1. The van der Waals surface area contributed by atoms with E-state index in [1.165, 1.54) is 0 Å². The van der Waals surface area contributed by atoms with Crippen LogP contribution >= 0.6 is 11.6 Å². The predicted molar refractivity (Wildman–Crippen MR) is 116 cm³/mol. The molecule has 9 heteroatoms. The molecule has 0 saturated carbocycles. The second-order valence-electron chi connectivity index (χ2n) is 7.21. The van der Waals surface area contributed by atoms with Crippen molar-refractivity contribution in [3.05, 3.63) is 91.7 Å². The Morgan fingerprint density at radius 3 is 2.58 bits per heavy atom. The fourth-order valence-corrected chi connectivity index (χ4v) is 3.62. The van der Waals surface area contributed by atoms with Gasteiger partial charge in [0.1, 0.15) is 0 Å². The monoisotopic (exact) mass is 440 g/mol. The van der Waals surface area contributed by atoms with Gasteiger partial charge in [-0.25, -0.2) is 4.79 Å². The highest BCUT2D eigenvalue weighted by Crippen LogP contribution is 2.15. The zero-order valence-electron chi connectivity index (χ0n) is 16.7. The maximum absolute atomic E-state index is 13.1. The Bertz CT molecular complexity index is 1200. The molecule has 31 heavy (non-hydrogen) atoms. The number of benzene rings is 2. The van der Waals surface area contributed by atoms with Gasteiger partial charge < -0.3 is 10.1 Å². The quantitative estimate of drug-likeness (QED) is 0.632. The minimum atomic E-state index is -0.776. The Morgan fingerprint density at radius 2 is 1.87 bits per heavy atom. The maximum Gasteiger partial charge on any atom is 0.352 e. The highest BCUT2D eigenvalue weighted by molar-refractivity contribution is 6.31. The fraction of sp³-hybridized carbons (Fsp3) is 0.273. The summed E-state index contributed by atoms with van der Waals surface area (Å²) in [7, 11) is 0. The van der Waals surface area contributed by atoms with Gasteiger partial charge in [-0.1, -0.05) is 48.0 Å². The summed E-state index contributed by atoms with van der Waals surface area (Å²) in [6.45, 7) is 0.843. The van der Waals surface area contributed by atoms with Gasteiger partial charge >= 0.3 is 5.69 Å². The van der Waals surface area contributed by atoms with E-state index in [0.717, 1.165) is 22.1 Å². The van der Waals surface area contributed by atoms with Crippen LogP contribution in [-0.4, -0.2) is 39.5 Å². The Hall–Kier alpha value is -3.23. The largest absolute Gasteiger partial charge is 0.376 e. The topological polar surface area (TPSA) is 95.2 Å². The second kappa shape index (κ2) is 9.28. The van der Waals surface area contributed by atoms with Crippen LogP contribution in [0.5, 0.6) is 0 Å². The number of nitrogens with one attached hydrogen (secondary N) is 1. The van der Waals surface area contributed by atoms with Crippen LogP contribution in [0.2, 0.25) is 5.02 Å². The van der Waals surface area contributed by atoms with E-state index in [1.54, 1.807) is 54.6 Å². The Balaban J connectivity index is 1.76. The van der Waals surface area contributed by atoms with Crippen molar-refractivity contribution in [2.45, 2.75) is 25.5 Å². The third kappa shape index (κ3) is 4.60. The first kappa shape index (κ1) is 21.0. The number of hydrogen-bond acceptors (Lipinski definition) is 5. The molecule has 1 aromatic heterocycles. The van der Waals surface area contributed by atoms with Crippen molar-refractivity contribution in [2.24, 2.45) is 0 Å². The van der Waals surface area contributed by atoms with Crippen molar-refractivity contribution >= 4 is 17.5 Å². The highest BCUT2D eigenvalue weighted by Gasteiger charge is 2.23. The number of hydrogen-bond donors (Lipinski definition) is 1. The normalized spacial score (nSPS) is 15.7. The molecule has 1 aliphatic heterocycles. The summed E-state index contributed by atoms with van der Waals surface area (Å²) in [5.41, 5.74) is -0.782. The summed E-state index contributed by atoms with van der Waals surface area (Å²) in [5, 5.41) is 7.22. The fourth-order valence-electron chi connectivity index (χ4n) is 3.43. The number of nitrogens with zero attached hydrogens (tertiary/aromatic N) is 3. The van der Waals surface area contributed by atoms with E-state index < -0.39 is 17.2 Å². The molecule has 1 amide bonds. The Kier molecular flexibility index (Phi) is 6.29. The molecular formula is C22H21ClN4O4. The third-order valence-electron chi connectivity index (χ3n) is 5.08. The molecule has 1 N–H and O–H groups in total. The molecule has 2 heterocycles. The van der Waals surface area contributed by atoms with Gasteiger partial charge in [-0.05, 0) is 36.6 Å². The molecule has 1 atom stereocenters. The van der Waals surface area contributed by atoms with Crippen LogP contribution in [-0.2, 0) is 11.3 Å². The molecule has 2 aromatic carbocycles. The summed E-state index contributed by atoms with van der Waals surface area (Å²) in [6, 6.07) is 15.5. The molecule has 0 radical (unpaired) electrons. The predicted octanol–water partition coefficient (Wildman–Crippen LogP) is 2.00. The number of amides is 1. The first-order valence-electron chi connectivity index (χ1n) is 9.97. The molecule has 0 bridgehead atoms. The van der Waals surface area contributed by atoms with E-state index in [1.807, 2.05) is 0 Å². The van der Waals surface area contributed by atoms with Crippen molar-refractivity contribution in [1.82, 2.24) is 19.7 Å². The van der Waals surface area contributed by atoms with E-state index in [-0.39, 0.29) is 24.9 Å². The molecule has 3 aromatic rings. The lowest BCUT2D eigenvalue weighted by molar-refractivity contribution is 0.0849. The molecule has 1 aliphatic rings. The summed E-state index contributed by atoms with van der Waals surface area (Å²) in [4.78, 5) is 39.0. The summed E-state index contributed by atoms with van der Waals surface area (Å²) in [6.07, 6.45) is 1.69. The second-order valence-corrected chi connectivity index (χ2v) is 7.61. The van der Waals surface area contributed by atoms with Crippen LogP contribution in [0.15, 0.2) is 64.2 Å². The zero-order valence-corrected chi connectivity index (χ0v) is 17.4. The van der Waals surface area contributed by atoms with Crippen LogP contribution < -0.4 is 16.6 Å². The van der Waals surface area contributed by atoms with Crippen LogP contribution in [0, 0.1) is 0 Å². The molecular weight excluding hydrogens is 420 g/mol. The standard InChI is InChI=1S/C22H21ClN4O4/c23-18-11-5-4-7-15(18)14-26-21(29)19(20(28)24-13-17-10-6-12-31-17)25-27(22(26)30)16-8-2-1-3-9-16/h1-5,7-9,11,17H,6,10,12-14H2,(H,24,28)/t17-/m1/s1. The van der Waals surface area contributed by atoms with Crippen molar-refractivity contribution < 1.29 is 9.53 Å². The van der Waals surface area contributed by atoms with Gasteiger partial charge in [0.2, 0.25) is 5.69 Å². The van der Waals surface area contributed by atoms with Gasteiger partial charge in [-0.2, -0.15) is 9.78 Å². The molecule has 1 fully saturated rings. The number of aromatic nitrogens is 3. The summed E-state index contributed by atoms with van der Waals surface area (Å²) >= 11 is 6.23. The number of halogens is 1. The SMILES string of the molecule is O=C(NC[C@H]1CCCO1)c1nn(-c2ccccc2)c(=O)n(Cc2ccccc2Cl)c1=O. The van der Waals surface area contributed by atoms with Gasteiger partial charge in [0.15, 0.2) is 0 Å². The Labute approximate surface area is 183 Å². The number of carbonyl (C=O) groups excluding carboxylic acids is 1. The molecule has 0 spiro atoms.